The summed E-state index contributed by atoms with van der Waals surface area (Å²) in [7, 11) is 1.66. The Bertz CT molecular complexity index is 342. The first-order valence-corrected chi connectivity index (χ1v) is 5.53. The summed E-state index contributed by atoms with van der Waals surface area (Å²) >= 11 is 0. The van der Waals surface area contributed by atoms with Crippen LogP contribution < -0.4 is 4.74 Å². The van der Waals surface area contributed by atoms with Gasteiger partial charge in [-0.15, -0.1) is 0 Å². The van der Waals surface area contributed by atoms with Gasteiger partial charge in [0.25, 0.3) is 0 Å². The maximum Gasteiger partial charge on any atom is 0.119 e. The summed E-state index contributed by atoms with van der Waals surface area (Å²) in [6.45, 7) is 2.02. The van der Waals surface area contributed by atoms with Gasteiger partial charge in [0.1, 0.15) is 5.75 Å². The third-order valence-electron chi connectivity index (χ3n) is 3.09. The van der Waals surface area contributed by atoms with Crippen LogP contribution in [0.15, 0.2) is 18.2 Å². The molecule has 1 aliphatic carbocycles. The molecule has 0 amide bonds. The molecule has 0 aromatic heterocycles. The molecule has 0 bridgehead atoms. The number of aliphatic hydroxyl groups excluding tert-OH is 1. The predicted molar refractivity (Wildman–Crippen MR) is 60.0 cm³/mol. The number of hydrogen-bond donors (Lipinski definition) is 1. The van der Waals surface area contributed by atoms with Gasteiger partial charge in [-0.2, -0.15) is 0 Å². The summed E-state index contributed by atoms with van der Waals surface area (Å²) in [6, 6.07) is 5.87. The van der Waals surface area contributed by atoms with Crippen LogP contribution in [0.5, 0.6) is 5.75 Å². The second-order valence-electron chi connectivity index (χ2n) is 4.42. The van der Waals surface area contributed by atoms with E-state index in [0.717, 1.165) is 29.2 Å². The van der Waals surface area contributed by atoms with Crippen molar-refractivity contribution in [3.8, 4) is 5.75 Å². The predicted octanol–water partition coefficient (Wildman–Crippen LogP) is 2.84. The SMILES string of the molecule is COc1ccc(C(O)CC2CC2)c(C)c1. The highest BCUT2D eigenvalue weighted by atomic mass is 16.5. The second-order valence-corrected chi connectivity index (χ2v) is 4.42. The lowest BCUT2D eigenvalue weighted by atomic mass is 9.99. The number of aliphatic hydroxyl groups is 1. The van der Waals surface area contributed by atoms with Crippen molar-refractivity contribution in [1.29, 1.82) is 0 Å². The first kappa shape index (κ1) is 10.5. The Morgan fingerprint density at radius 3 is 2.73 bits per heavy atom. The monoisotopic (exact) mass is 206 g/mol. The fraction of sp³-hybridized carbons (Fsp3) is 0.538. The molecule has 82 valence electrons. The van der Waals surface area contributed by atoms with Gasteiger partial charge in [0.2, 0.25) is 0 Å². The van der Waals surface area contributed by atoms with Crippen molar-refractivity contribution in [3.05, 3.63) is 29.3 Å². The molecule has 1 aromatic carbocycles. The fourth-order valence-corrected chi connectivity index (χ4v) is 1.95. The smallest absolute Gasteiger partial charge is 0.119 e. The summed E-state index contributed by atoms with van der Waals surface area (Å²) in [5, 5.41) is 10.0. The first-order chi connectivity index (χ1) is 7.20. The molecule has 2 heteroatoms. The third kappa shape index (κ3) is 2.51. The summed E-state index contributed by atoms with van der Waals surface area (Å²) in [4.78, 5) is 0. The van der Waals surface area contributed by atoms with Gasteiger partial charge >= 0.3 is 0 Å². The van der Waals surface area contributed by atoms with E-state index in [1.54, 1.807) is 7.11 Å². The number of rotatable bonds is 4. The van der Waals surface area contributed by atoms with Crippen LogP contribution in [0.1, 0.15) is 36.5 Å². The van der Waals surface area contributed by atoms with Gasteiger partial charge in [-0.3, -0.25) is 0 Å². The molecule has 1 aromatic rings. The summed E-state index contributed by atoms with van der Waals surface area (Å²) < 4.78 is 5.14. The van der Waals surface area contributed by atoms with Crippen molar-refractivity contribution < 1.29 is 9.84 Å². The lowest BCUT2D eigenvalue weighted by Gasteiger charge is -2.14. The molecule has 0 saturated heterocycles. The van der Waals surface area contributed by atoms with Gasteiger partial charge in [-0.1, -0.05) is 18.9 Å². The molecular weight excluding hydrogens is 188 g/mol. The van der Waals surface area contributed by atoms with Gasteiger partial charge in [0, 0.05) is 0 Å². The zero-order valence-corrected chi connectivity index (χ0v) is 9.36. The maximum absolute atomic E-state index is 10.0. The minimum absolute atomic E-state index is 0.302. The van der Waals surface area contributed by atoms with E-state index >= 15 is 0 Å². The first-order valence-electron chi connectivity index (χ1n) is 5.53. The molecule has 1 atom stereocenters. The van der Waals surface area contributed by atoms with Crippen molar-refractivity contribution in [2.45, 2.75) is 32.3 Å². The molecule has 0 spiro atoms. The lowest BCUT2D eigenvalue weighted by Crippen LogP contribution is -2.01. The summed E-state index contributed by atoms with van der Waals surface area (Å²) in [6.07, 6.45) is 3.18. The molecular formula is C13H18O2. The molecule has 0 aliphatic heterocycles. The molecule has 1 unspecified atom stereocenters. The van der Waals surface area contributed by atoms with Crippen molar-refractivity contribution >= 4 is 0 Å². The van der Waals surface area contributed by atoms with E-state index in [1.165, 1.54) is 12.8 Å². The van der Waals surface area contributed by atoms with Crippen molar-refractivity contribution in [3.63, 3.8) is 0 Å². The Balaban J connectivity index is 2.11. The molecule has 0 heterocycles. The highest BCUT2D eigenvalue weighted by Gasteiger charge is 2.25. The second kappa shape index (κ2) is 4.23. The van der Waals surface area contributed by atoms with Gasteiger partial charge in [0.15, 0.2) is 0 Å². The van der Waals surface area contributed by atoms with Crippen LogP contribution in [-0.2, 0) is 0 Å². The quantitative estimate of drug-likeness (QED) is 0.820. The normalized spacial score (nSPS) is 17.5. The van der Waals surface area contributed by atoms with Gasteiger partial charge in [0.05, 0.1) is 13.2 Å². The lowest BCUT2D eigenvalue weighted by molar-refractivity contribution is 0.159. The van der Waals surface area contributed by atoms with Crippen LogP contribution in [0, 0.1) is 12.8 Å². The molecule has 1 saturated carbocycles. The van der Waals surface area contributed by atoms with E-state index in [0.29, 0.717) is 0 Å². The average Bonchev–Trinajstić information content (AvgIpc) is 3.01. The average molecular weight is 206 g/mol. The highest BCUT2D eigenvalue weighted by molar-refractivity contribution is 5.36. The van der Waals surface area contributed by atoms with Crippen LogP contribution in [0.2, 0.25) is 0 Å². The van der Waals surface area contributed by atoms with E-state index in [4.69, 9.17) is 4.74 Å². The standard InChI is InChI=1S/C13H18O2/c1-9-7-11(15-2)5-6-12(9)13(14)8-10-3-4-10/h5-7,10,13-14H,3-4,8H2,1-2H3. The molecule has 2 nitrogen and oxygen atoms in total. The molecule has 1 N–H and O–H groups in total. The Hall–Kier alpha value is -1.02. The Kier molecular flexibility index (Phi) is 2.96. The van der Waals surface area contributed by atoms with E-state index in [2.05, 4.69) is 0 Å². The van der Waals surface area contributed by atoms with Crippen LogP contribution >= 0.6 is 0 Å². The minimum atomic E-state index is -0.302. The van der Waals surface area contributed by atoms with Crippen molar-refractivity contribution in [2.24, 2.45) is 5.92 Å². The van der Waals surface area contributed by atoms with Crippen LogP contribution in [0.25, 0.3) is 0 Å². The maximum atomic E-state index is 10.0. The fourth-order valence-electron chi connectivity index (χ4n) is 1.95. The molecule has 2 rings (SSSR count). The van der Waals surface area contributed by atoms with Crippen LogP contribution in [0.4, 0.5) is 0 Å². The third-order valence-corrected chi connectivity index (χ3v) is 3.09. The number of hydrogen-bond acceptors (Lipinski definition) is 2. The highest BCUT2D eigenvalue weighted by Crippen LogP contribution is 2.38. The largest absolute Gasteiger partial charge is 0.497 e. The molecule has 1 fully saturated rings. The topological polar surface area (TPSA) is 29.5 Å². The molecule has 0 radical (unpaired) electrons. The summed E-state index contributed by atoms with van der Waals surface area (Å²) in [5.41, 5.74) is 2.16. The Morgan fingerprint density at radius 2 is 2.20 bits per heavy atom. The molecule has 15 heavy (non-hydrogen) atoms. The van der Waals surface area contributed by atoms with Gasteiger partial charge in [-0.05, 0) is 42.5 Å². The van der Waals surface area contributed by atoms with Crippen molar-refractivity contribution in [2.75, 3.05) is 7.11 Å². The summed E-state index contributed by atoms with van der Waals surface area (Å²) in [5.74, 6) is 1.61. The Labute approximate surface area is 90.9 Å². The number of methoxy groups -OCH3 is 1. The zero-order valence-electron chi connectivity index (χ0n) is 9.36. The van der Waals surface area contributed by atoms with E-state index in [9.17, 15) is 5.11 Å². The Morgan fingerprint density at radius 1 is 1.47 bits per heavy atom. The van der Waals surface area contributed by atoms with Crippen molar-refractivity contribution in [1.82, 2.24) is 0 Å². The van der Waals surface area contributed by atoms with Gasteiger partial charge < -0.3 is 9.84 Å². The number of benzene rings is 1. The molecule has 1 aliphatic rings. The van der Waals surface area contributed by atoms with Crippen LogP contribution in [0.3, 0.4) is 0 Å². The van der Waals surface area contributed by atoms with E-state index in [1.807, 2.05) is 25.1 Å². The number of ether oxygens (including phenoxy) is 1. The van der Waals surface area contributed by atoms with Gasteiger partial charge in [-0.25, -0.2) is 0 Å². The number of aryl methyl sites for hydroxylation is 1. The van der Waals surface area contributed by atoms with E-state index in [-0.39, 0.29) is 6.10 Å². The minimum Gasteiger partial charge on any atom is -0.497 e. The van der Waals surface area contributed by atoms with E-state index < -0.39 is 0 Å². The zero-order chi connectivity index (χ0) is 10.8. The van der Waals surface area contributed by atoms with Crippen LogP contribution in [-0.4, -0.2) is 12.2 Å².